The molecule has 2 atom stereocenters. The summed E-state index contributed by atoms with van der Waals surface area (Å²) in [6, 6.07) is 19.7. The number of carbonyl (C=O) groups excluding carboxylic acids is 2. The quantitative estimate of drug-likeness (QED) is 0.590. The van der Waals surface area contributed by atoms with Crippen LogP contribution in [0.25, 0.3) is 0 Å². The first-order valence-corrected chi connectivity index (χ1v) is 12.5. The predicted octanol–water partition coefficient (Wildman–Crippen LogP) is 4.12. The number of morpholine rings is 1. The molecule has 34 heavy (non-hydrogen) atoms. The van der Waals surface area contributed by atoms with Gasteiger partial charge >= 0.3 is 0 Å². The molecule has 2 aliphatic rings. The molecule has 6 nitrogen and oxygen atoms in total. The molecule has 0 bridgehead atoms. The van der Waals surface area contributed by atoms with E-state index in [4.69, 9.17) is 9.47 Å². The molecule has 0 radical (unpaired) electrons. The Labute approximate surface area is 202 Å². The van der Waals surface area contributed by atoms with Crippen LogP contribution in [0.5, 0.6) is 5.75 Å². The van der Waals surface area contributed by atoms with Gasteiger partial charge in [0.25, 0.3) is 0 Å². The van der Waals surface area contributed by atoms with Crippen LogP contribution >= 0.6 is 0 Å². The summed E-state index contributed by atoms with van der Waals surface area (Å²) < 4.78 is 11.6. The lowest BCUT2D eigenvalue weighted by Crippen LogP contribution is -2.52. The van der Waals surface area contributed by atoms with E-state index in [1.165, 1.54) is 0 Å². The van der Waals surface area contributed by atoms with Gasteiger partial charge < -0.3 is 19.3 Å². The molecule has 2 aliphatic heterocycles. The predicted molar refractivity (Wildman–Crippen MR) is 132 cm³/mol. The van der Waals surface area contributed by atoms with Crippen LogP contribution < -0.4 is 4.74 Å². The SMILES string of the molecule is CC[C@@H](C(=O)N1CCC[C@](COc2ccccc2)(CC(=O)N2CCOCC2)C1)c1ccccc1. The van der Waals surface area contributed by atoms with Crippen molar-refractivity contribution in [2.75, 3.05) is 46.0 Å². The lowest BCUT2D eigenvalue weighted by atomic mass is 9.76. The minimum Gasteiger partial charge on any atom is -0.493 e. The monoisotopic (exact) mass is 464 g/mol. The zero-order valence-corrected chi connectivity index (χ0v) is 20.2. The van der Waals surface area contributed by atoms with Crippen LogP contribution in [-0.4, -0.2) is 67.6 Å². The largest absolute Gasteiger partial charge is 0.493 e. The summed E-state index contributed by atoms with van der Waals surface area (Å²) in [5, 5.41) is 0. The molecule has 0 N–H and O–H groups in total. The number of piperidine rings is 1. The Hall–Kier alpha value is -2.86. The van der Waals surface area contributed by atoms with E-state index in [-0.39, 0.29) is 17.7 Å². The van der Waals surface area contributed by atoms with E-state index < -0.39 is 5.41 Å². The van der Waals surface area contributed by atoms with Crippen LogP contribution in [0.3, 0.4) is 0 Å². The van der Waals surface area contributed by atoms with Crippen molar-refractivity contribution in [3.63, 3.8) is 0 Å². The van der Waals surface area contributed by atoms with Crippen LogP contribution in [0.2, 0.25) is 0 Å². The average Bonchev–Trinajstić information content (AvgIpc) is 2.90. The van der Waals surface area contributed by atoms with Crippen molar-refractivity contribution < 1.29 is 19.1 Å². The molecule has 0 saturated carbocycles. The van der Waals surface area contributed by atoms with Crippen molar-refractivity contribution in [2.24, 2.45) is 5.41 Å². The summed E-state index contributed by atoms with van der Waals surface area (Å²) in [4.78, 5) is 30.8. The van der Waals surface area contributed by atoms with Gasteiger partial charge in [0.2, 0.25) is 11.8 Å². The molecule has 4 rings (SSSR count). The van der Waals surface area contributed by atoms with Crippen LogP contribution in [0.15, 0.2) is 60.7 Å². The second-order valence-electron chi connectivity index (χ2n) is 9.51. The molecule has 2 saturated heterocycles. The van der Waals surface area contributed by atoms with E-state index in [0.717, 1.165) is 37.1 Å². The van der Waals surface area contributed by atoms with Crippen molar-refractivity contribution in [3.05, 3.63) is 66.2 Å². The number of rotatable bonds is 8. The zero-order valence-electron chi connectivity index (χ0n) is 20.2. The number of hydrogen-bond donors (Lipinski definition) is 0. The lowest BCUT2D eigenvalue weighted by Gasteiger charge is -2.44. The Kier molecular flexibility index (Phi) is 8.22. The van der Waals surface area contributed by atoms with E-state index in [2.05, 4.69) is 6.92 Å². The lowest BCUT2D eigenvalue weighted by molar-refractivity contribution is -0.144. The number of hydrogen-bond acceptors (Lipinski definition) is 4. The Bertz CT molecular complexity index is 930. The van der Waals surface area contributed by atoms with E-state index in [9.17, 15) is 9.59 Å². The third kappa shape index (κ3) is 5.98. The summed E-state index contributed by atoms with van der Waals surface area (Å²) >= 11 is 0. The van der Waals surface area contributed by atoms with Gasteiger partial charge in [-0.3, -0.25) is 9.59 Å². The fraction of sp³-hybridized carbons (Fsp3) is 0.500. The number of nitrogens with zero attached hydrogens (tertiary/aromatic N) is 2. The van der Waals surface area contributed by atoms with Gasteiger partial charge in [0.05, 0.1) is 25.7 Å². The smallest absolute Gasteiger partial charge is 0.230 e. The molecule has 2 amide bonds. The summed E-state index contributed by atoms with van der Waals surface area (Å²) in [7, 11) is 0. The number of benzene rings is 2. The first kappa shape index (κ1) is 24.3. The second-order valence-corrected chi connectivity index (χ2v) is 9.51. The Balaban J connectivity index is 1.52. The van der Waals surface area contributed by atoms with Crippen molar-refractivity contribution >= 4 is 11.8 Å². The van der Waals surface area contributed by atoms with E-state index in [0.29, 0.717) is 45.9 Å². The number of ether oxygens (including phenoxy) is 2. The van der Waals surface area contributed by atoms with Gasteiger partial charge in [-0.05, 0) is 37.0 Å². The Morgan fingerprint density at radius 2 is 1.65 bits per heavy atom. The number of likely N-dealkylation sites (tertiary alicyclic amines) is 1. The molecule has 182 valence electrons. The molecule has 0 spiro atoms. The van der Waals surface area contributed by atoms with Crippen LogP contribution in [0, 0.1) is 5.41 Å². The van der Waals surface area contributed by atoms with Gasteiger partial charge in [0, 0.05) is 38.0 Å². The molecule has 0 aromatic heterocycles. The summed E-state index contributed by atoms with van der Waals surface area (Å²) in [6.07, 6.45) is 2.86. The second kappa shape index (κ2) is 11.5. The first-order chi connectivity index (χ1) is 16.6. The topological polar surface area (TPSA) is 59.1 Å². The van der Waals surface area contributed by atoms with Gasteiger partial charge in [0.15, 0.2) is 0 Å². The van der Waals surface area contributed by atoms with Gasteiger partial charge in [-0.25, -0.2) is 0 Å². The highest BCUT2D eigenvalue weighted by Gasteiger charge is 2.42. The molecule has 2 heterocycles. The fourth-order valence-electron chi connectivity index (χ4n) is 5.17. The van der Waals surface area contributed by atoms with Crippen LogP contribution in [-0.2, 0) is 14.3 Å². The number of para-hydroxylation sites is 1. The maximum absolute atomic E-state index is 13.7. The summed E-state index contributed by atoms with van der Waals surface area (Å²) in [5.74, 6) is 0.905. The van der Waals surface area contributed by atoms with Crippen LogP contribution in [0.4, 0.5) is 0 Å². The van der Waals surface area contributed by atoms with Gasteiger partial charge in [-0.2, -0.15) is 0 Å². The third-order valence-electron chi connectivity index (χ3n) is 7.06. The van der Waals surface area contributed by atoms with E-state index in [1.54, 1.807) is 0 Å². The Morgan fingerprint density at radius 1 is 0.971 bits per heavy atom. The van der Waals surface area contributed by atoms with Gasteiger partial charge in [-0.1, -0.05) is 55.5 Å². The first-order valence-electron chi connectivity index (χ1n) is 12.5. The van der Waals surface area contributed by atoms with Gasteiger partial charge in [0.1, 0.15) is 5.75 Å². The minimum atomic E-state index is -0.409. The Morgan fingerprint density at radius 3 is 2.32 bits per heavy atom. The standard InChI is InChI=1S/C28H36N2O4/c1-2-25(23-10-5-3-6-11-23)27(32)30-15-9-14-28(21-30,22-34-24-12-7-4-8-13-24)20-26(31)29-16-18-33-19-17-29/h3-8,10-13,25H,2,9,14-22H2,1H3/t25-,28+/m1/s1. The van der Waals surface area contributed by atoms with Crippen molar-refractivity contribution in [2.45, 2.75) is 38.5 Å². The normalized spacial score (nSPS) is 21.7. The maximum atomic E-state index is 13.7. The molecule has 2 aromatic rings. The third-order valence-corrected chi connectivity index (χ3v) is 7.06. The van der Waals surface area contributed by atoms with Crippen molar-refractivity contribution in [1.29, 1.82) is 0 Å². The zero-order chi connectivity index (χ0) is 23.8. The summed E-state index contributed by atoms with van der Waals surface area (Å²) in [6.45, 7) is 6.16. The summed E-state index contributed by atoms with van der Waals surface area (Å²) in [5.41, 5.74) is 0.643. The van der Waals surface area contributed by atoms with Crippen molar-refractivity contribution in [3.8, 4) is 5.75 Å². The molecule has 0 unspecified atom stereocenters. The van der Waals surface area contributed by atoms with E-state index in [1.807, 2.05) is 70.5 Å². The highest BCUT2D eigenvalue weighted by atomic mass is 16.5. The molecule has 0 aliphatic carbocycles. The molecular weight excluding hydrogens is 428 g/mol. The highest BCUT2D eigenvalue weighted by Crippen LogP contribution is 2.37. The fourth-order valence-corrected chi connectivity index (χ4v) is 5.17. The number of amides is 2. The number of carbonyl (C=O) groups is 2. The molecular formula is C28H36N2O4. The average molecular weight is 465 g/mol. The minimum absolute atomic E-state index is 0.129. The van der Waals surface area contributed by atoms with Crippen molar-refractivity contribution in [1.82, 2.24) is 9.80 Å². The molecule has 2 fully saturated rings. The van der Waals surface area contributed by atoms with E-state index >= 15 is 0 Å². The van der Waals surface area contributed by atoms with Gasteiger partial charge in [-0.15, -0.1) is 0 Å². The molecule has 6 heteroatoms. The molecule has 2 aromatic carbocycles. The maximum Gasteiger partial charge on any atom is 0.230 e. The highest BCUT2D eigenvalue weighted by molar-refractivity contribution is 5.84. The van der Waals surface area contributed by atoms with Crippen LogP contribution in [0.1, 0.15) is 44.1 Å².